The van der Waals surface area contributed by atoms with Crippen LogP contribution in [0.2, 0.25) is 0 Å². The molecule has 0 spiro atoms. The van der Waals surface area contributed by atoms with E-state index in [2.05, 4.69) is 30.3 Å². The molecule has 5 rings (SSSR count). The smallest absolute Gasteiger partial charge is 0.308 e. The van der Waals surface area contributed by atoms with Crippen molar-refractivity contribution in [3.8, 4) is 22.5 Å². The van der Waals surface area contributed by atoms with Crippen molar-refractivity contribution in [1.82, 2.24) is 9.38 Å². The number of carboxylic acid groups (broad SMARTS) is 1. The van der Waals surface area contributed by atoms with Crippen LogP contribution >= 0.6 is 11.3 Å². The lowest BCUT2D eigenvalue weighted by Gasteiger charge is -2.04. The zero-order valence-corrected chi connectivity index (χ0v) is 15.7. The average Bonchev–Trinajstić information content (AvgIpc) is 3.25. The second-order valence-corrected chi connectivity index (χ2v) is 7.71. The van der Waals surface area contributed by atoms with Crippen molar-refractivity contribution >= 4 is 33.0 Å². The van der Waals surface area contributed by atoms with E-state index >= 15 is 0 Å². The van der Waals surface area contributed by atoms with Gasteiger partial charge in [-0.05, 0) is 22.4 Å². The molecule has 0 atom stereocenters. The van der Waals surface area contributed by atoms with E-state index in [9.17, 15) is 9.90 Å². The number of nitrogens with zero attached hydrogens (tertiary/aromatic N) is 2. The molecule has 0 amide bonds. The highest BCUT2D eigenvalue weighted by atomic mass is 32.1. The molecule has 3 aromatic carbocycles. The van der Waals surface area contributed by atoms with E-state index in [1.165, 1.54) is 22.1 Å². The number of hydrogen-bond donors (Lipinski definition) is 1. The van der Waals surface area contributed by atoms with Crippen molar-refractivity contribution in [3.63, 3.8) is 0 Å². The second kappa shape index (κ2) is 6.62. The molecule has 0 saturated heterocycles. The third kappa shape index (κ3) is 2.86. The van der Waals surface area contributed by atoms with Gasteiger partial charge in [0.1, 0.15) is 0 Å². The Balaban J connectivity index is 1.68. The van der Waals surface area contributed by atoms with E-state index in [-0.39, 0.29) is 6.42 Å². The number of aliphatic carboxylic acids is 1. The standard InChI is InChI=1S/C23H16N2O2S/c26-21(27)13-20-22(16-7-2-1-3-8-16)25-14-19(24-23(25)28-20)18-11-10-15-6-4-5-9-17(15)12-18/h1-12,14H,13H2,(H,26,27). The molecule has 0 aliphatic carbocycles. The number of hydrogen-bond acceptors (Lipinski definition) is 3. The third-order valence-corrected chi connectivity index (χ3v) is 5.85. The average molecular weight is 384 g/mol. The summed E-state index contributed by atoms with van der Waals surface area (Å²) in [7, 11) is 0. The van der Waals surface area contributed by atoms with Crippen molar-refractivity contribution in [1.29, 1.82) is 0 Å². The molecule has 4 nitrogen and oxygen atoms in total. The van der Waals surface area contributed by atoms with Gasteiger partial charge in [0.25, 0.3) is 0 Å². The Bertz CT molecular complexity index is 1320. The first-order chi connectivity index (χ1) is 13.7. The zero-order chi connectivity index (χ0) is 19.1. The van der Waals surface area contributed by atoms with Crippen LogP contribution in [-0.2, 0) is 11.2 Å². The van der Waals surface area contributed by atoms with Crippen LogP contribution in [0, 0.1) is 0 Å². The van der Waals surface area contributed by atoms with E-state index in [0.29, 0.717) is 0 Å². The van der Waals surface area contributed by atoms with Gasteiger partial charge in [-0.3, -0.25) is 9.20 Å². The minimum absolute atomic E-state index is 0.0104. The van der Waals surface area contributed by atoms with Crippen molar-refractivity contribution < 1.29 is 9.90 Å². The van der Waals surface area contributed by atoms with Gasteiger partial charge >= 0.3 is 5.97 Å². The van der Waals surface area contributed by atoms with Gasteiger partial charge in [0.2, 0.25) is 0 Å². The maximum Gasteiger partial charge on any atom is 0.308 e. The largest absolute Gasteiger partial charge is 0.481 e. The fourth-order valence-corrected chi connectivity index (χ4v) is 4.64. The molecule has 0 radical (unpaired) electrons. The number of imidazole rings is 1. The minimum Gasteiger partial charge on any atom is -0.481 e. The molecular formula is C23H16N2O2S. The topological polar surface area (TPSA) is 54.6 Å². The molecule has 2 aromatic heterocycles. The number of aromatic nitrogens is 2. The Kier molecular flexibility index (Phi) is 3.95. The van der Waals surface area contributed by atoms with Crippen LogP contribution in [0.4, 0.5) is 0 Å². The summed E-state index contributed by atoms with van der Waals surface area (Å²) in [5, 5.41) is 11.7. The van der Waals surface area contributed by atoms with Crippen LogP contribution in [-0.4, -0.2) is 20.5 Å². The number of rotatable bonds is 4. The highest BCUT2D eigenvalue weighted by Gasteiger charge is 2.19. The lowest BCUT2D eigenvalue weighted by atomic mass is 10.1. The first-order valence-corrected chi connectivity index (χ1v) is 9.78. The Morgan fingerprint density at radius 3 is 2.46 bits per heavy atom. The molecule has 5 aromatic rings. The predicted molar refractivity (Wildman–Crippen MR) is 113 cm³/mol. The molecule has 28 heavy (non-hydrogen) atoms. The molecule has 1 N–H and O–H groups in total. The zero-order valence-electron chi connectivity index (χ0n) is 14.9. The lowest BCUT2D eigenvalue weighted by molar-refractivity contribution is -0.136. The monoisotopic (exact) mass is 384 g/mol. The lowest BCUT2D eigenvalue weighted by Crippen LogP contribution is -2.00. The normalized spacial score (nSPS) is 11.3. The molecule has 5 heteroatoms. The maximum atomic E-state index is 11.3. The SMILES string of the molecule is O=C(O)Cc1sc2nc(-c3ccc4ccccc4c3)cn2c1-c1ccccc1. The molecule has 0 aliphatic rings. The number of carbonyl (C=O) groups is 1. The van der Waals surface area contributed by atoms with Crippen LogP contribution < -0.4 is 0 Å². The Labute approximate surface area is 165 Å². The van der Waals surface area contributed by atoms with Gasteiger partial charge in [0.05, 0.1) is 17.8 Å². The number of fused-ring (bicyclic) bond motifs is 2. The van der Waals surface area contributed by atoms with E-state index < -0.39 is 5.97 Å². The summed E-state index contributed by atoms with van der Waals surface area (Å²) in [6, 6.07) is 24.5. The quantitative estimate of drug-likeness (QED) is 0.444. The molecule has 2 heterocycles. The van der Waals surface area contributed by atoms with Crippen molar-refractivity contribution in [2.24, 2.45) is 0 Å². The van der Waals surface area contributed by atoms with Gasteiger partial charge in [-0.2, -0.15) is 0 Å². The van der Waals surface area contributed by atoms with Crippen LogP contribution in [0.15, 0.2) is 79.0 Å². The Morgan fingerprint density at radius 2 is 1.68 bits per heavy atom. The molecule has 0 fully saturated rings. The summed E-state index contributed by atoms with van der Waals surface area (Å²) >= 11 is 1.44. The van der Waals surface area contributed by atoms with Crippen LogP contribution in [0.3, 0.4) is 0 Å². The van der Waals surface area contributed by atoms with E-state index in [4.69, 9.17) is 4.98 Å². The maximum absolute atomic E-state index is 11.3. The van der Waals surface area contributed by atoms with Gasteiger partial charge in [0.15, 0.2) is 4.96 Å². The van der Waals surface area contributed by atoms with Crippen LogP contribution in [0.5, 0.6) is 0 Å². The first-order valence-electron chi connectivity index (χ1n) is 8.96. The summed E-state index contributed by atoms with van der Waals surface area (Å²) < 4.78 is 2.02. The first kappa shape index (κ1) is 16.7. The molecule has 0 aliphatic heterocycles. The summed E-state index contributed by atoms with van der Waals surface area (Å²) in [6.45, 7) is 0. The van der Waals surface area contributed by atoms with Crippen molar-refractivity contribution in [2.75, 3.05) is 0 Å². The second-order valence-electron chi connectivity index (χ2n) is 6.65. The third-order valence-electron chi connectivity index (χ3n) is 4.80. The van der Waals surface area contributed by atoms with Crippen molar-refractivity contribution in [3.05, 3.63) is 83.9 Å². The van der Waals surface area contributed by atoms with Gasteiger partial charge in [-0.1, -0.05) is 66.7 Å². The molecule has 0 unspecified atom stereocenters. The van der Waals surface area contributed by atoms with Crippen LogP contribution in [0.1, 0.15) is 4.88 Å². The molecule has 0 saturated carbocycles. The van der Waals surface area contributed by atoms with E-state index in [0.717, 1.165) is 32.4 Å². The summed E-state index contributed by atoms with van der Waals surface area (Å²) in [4.78, 5) is 17.7. The fourth-order valence-electron chi connectivity index (χ4n) is 3.53. The van der Waals surface area contributed by atoms with Gasteiger partial charge < -0.3 is 5.11 Å². The summed E-state index contributed by atoms with van der Waals surface area (Å²) in [5.74, 6) is -0.837. The predicted octanol–water partition coefficient (Wildman–Crippen LogP) is 5.51. The number of benzene rings is 3. The van der Waals surface area contributed by atoms with Crippen LogP contribution in [0.25, 0.3) is 38.2 Å². The van der Waals surface area contributed by atoms with Crippen molar-refractivity contribution in [2.45, 2.75) is 6.42 Å². The van der Waals surface area contributed by atoms with Gasteiger partial charge in [-0.25, -0.2) is 4.98 Å². The number of carboxylic acids is 1. The number of thiazole rings is 1. The summed E-state index contributed by atoms with van der Waals surface area (Å²) in [6.07, 6.45) is 1.99. The van der Waals surface area contributed by atoms with E-state index in [1.807, 2.05) is 53.1 Å². The molecular weight excluding hydrogens is 368 g/mol. The van der Waals surface area contributed by atoms with Gasteiger partial charge in [-0.15, -0.1) is 11.3 Å². The Hall–Kier alpha value is -3.44. The highest BCUT2D eigenvalue weighted by Crippen LogP contribution is 2.34. The van der Waals surface area contributed by atoms with Gasteiger partial charge in [0, 0.05) is 16.6 Å². The highest BCUT2D eigenvalue weighted by molar-refractivity contribution is 7.17. The molecule has 136 valence electrons. The Morgan fingerprint density at radius 1 is 0.929 bits per heavy atom. The summed E-state index contributed by atoms with van der Waals surface area (Å²) in [5.41, 5.74) is 3.83. The fraction of sp³-hybridized carbons (Fsp3) is 0.0435. The van der Waals surface area contributed by atoms with E-state index in [1.54, 1.807) is 0 Å². The minimum atomic E-state index is -0.837. The molecule has 0 bridgehead atoms.